The maximum absolute atomic E-state index is 11.1. The van der Waals surface area contributed by atoms with Crippen LogP contribution in [0.15, 0.2) is 35.7 Å². The Hall–Kier alpha value is -2.75. The number of fused-ring (bicyclic) bond motifs is 2. The van der Waals surface area contributed by atoms with E-state index in [1.807, 2.05) is 24.3 Å². The van der Waals surface area contributed by atoms with E-state index in [0.717, 1.165) is 46.8 Å². The van der Waals surface area contributed by atoms with Gasteiger partial charge in [-0.25, -0.2) is 5.43 Å². The van der Waals surface area contributed by atoms with Crippen LogP contribution in [0, 0.1) is 0 Å². The van der Waals surface area contributed by atoms with Crippen LogP contribution >= 0.6 is 0 Å². The van der Waals surface area contributed by atoms with Gasteiger partial charge in [-0.1, -0.05) is 6.07 Å². The molecule has 3 heterocycles. The Balaban J connectivity index is 1.58. The summed E-state index contributed by atoms with van der Waals surface area (Å²) >= 11 is 0. The van der Waals surface area contributed by atoms with E-state index in [1.165, 1.54) is 0 Å². The number of carboxylic acid groups (broad SMARTS) is 1. The van der Waals surface area contributed by atoms with Crippen LogP contribution in [0.1, 0.15) is 36.8 Å². The molecule has 0 aromatic heterocycles. The van der Waals surface area contributed by atoms with Gasteiger partial charge in [0.25, 0.3) is 0 Å². The maximum Gasteiger partial charge on any atom is 0.320 e. The zero-order valence-corrected chi connectivity index (χ0v) is 17.0. The fourth-order valence-electron chi connectivity index (χ4n) is 4.14. The monoisotopic (exact) mass is 416 g/mol. The Kier molecular flexibility index (Phi) is 6.12. The molecule has 3 aliphatic heterocycles. The first-order chi connectivity index (χ1) is 14.5. The van der Waals surface area contributed by atoms with Crippen LogP contribution in [0.5, 0.6) is 0 Å². The highest BCUT2D eigenvalue weighted by Gasteiger charge is 2.27. The van der Waals surface area contributed by atoms with Gasteiger partial charge in [0.15, 0.2) is 0 Å². The average Bonchev–Trinajstić information content (AvgIpc) is 2.82. The minimum absolute atomic E-state index is 0.156. The first kappa shape index (κ1) is 20.5. The molecule has 0 bridgehead atoms. The lowest BCUT2D eigenvalue weighted by molar-refractivity contribution is -0.140. The number of piperidine rings is 1. The number of anilines is 1. The lowest BCUT2D eigenvalue weighted by Crippen LogP contribution is -2.48. The Morgan fingerprint density at radius 2 is 2.23 bits per heavy atom. The van der Waals surface area contributed by atoms with Crippen LogP contribution in [0.3, 0.4) is 0 Å². The van der Waals surface area contributed by atoms with E-state index < -0.39 is 12.0 Å². The molecule has 0 aliphatic carbocycles. The largest absolute Gasteiger partial charge is 0.481 e. The number of rotatable bonds is 4. The Labute approximate surface area is 175 Å². The molecule has 1 aromatic carbocycles. The van der Waals surface area contributed by atoms with E-state index in [4.69, 9.17) is 14.6 Å². The predicted molar refractivity (Wildman–Crippen MR) is 110 cm³/mol. The van der Waals surface area contributed by atoms with Crippen LogP contribution in [-0.4, -0.2) is 53.8 Å². The van der Waals surface area contributed by atoms with Crippen LogP contribution in [0.25, 0.3) is 5.70 Å². The van der Waals surface area contributed by atoms with Gasteiger partial charge < -0.3 is 25.2 Å². The number of ether oxygens (including phenoxy) is 2. The zero-order chi connectivity index (χ0) is 21.1. The van der Waals surface area contributed by atoms with Crippen molar-refractivity contribution in [1.29, 1.82) is 0 Å². The first-order valence-electron chi connectivity index (χ1n) is 10.2. The maximum atomic E-state index is 11.1. The van der Waals surface area contributed by atoms with Crippen molar-refractivity contribution in [2.24, 2.45) is 0 Å². The number of aliphatic carboxylic acids is 1. The molecule has 4 rings (SSSR count). The summed E-state index contributed by atoms with van der Waals surface area (Å²) in [6.45, 7) is 1.67. The number of carboxylic acids is 1. The van der Waals surface area contributed by atoms with Crippen molar-refractivity contribution < 1.29 is 24.6 Å². The molecule has 9 nitrogen and oxygen atoms in total. The molecule has 162 valence electrons. The molecule has 2 atom stereocenters. The third-order valence-electron chi connectivity index (χ3n) is 5.69. The minimum Gasteiger partial charge on any atom is -0.481 e. The molecule has 0 saturated carbocycles. The molecule has 0 unspecified atom stereocenters. The third kappa shape index (κ3) is 4.38. The summed E-state index contributed by atoms with van der Waals surface area (Å²) in [4.78, 5) is 11.1. The summed E-state index contributed by atoms with van der Waals surface area (Å²) in [5, 5.41) is 27.3. The lowest BCUT2D eigenvalue weighted by Gasteiger charge is -2.31. The Morgan fingerprint density at radius 3 is 2.97 bits per heavy atom. The highest BCUT2D eigenvalue weighted by molar-refractivity contribution is 5.74. The van der Waals surface area contributed by atoms with Crippen LogP contribution in [0.4, 0.5) is 5.69 Å². The fourth-order valence-corrected chi connectivity index (χ4v) is 4.14. The van der Waals surface area contributed by atoms with E-state index in [2.05, 4.69) is 16.1 Å². The smallest absolute Gasteiger partial charge is 0.320 e. The second-order valence-corrected chi connectivity index (χ2v) is 7.76. The molecular weight excluding hydrogens is 388 g/mol. The molecule has 1 fully saturated rings. The van der Waals surface area contributed by atoms with E-state index in [-0.39, 0.29) is 6.04 Å². The summed E-state index contributed by atoms with van der Waals surface area (Å²) in [5.74, 6) is -0.312. The average molecular weight is 416 g/mol. The summed E-state index contributed by atoms with van der Waals surface area (Å²) in [7, 11) is 1.56. The number of hydroxylamine groups is 1. The van der Waals surface area contributed by atoms with Gasteiger partial charge in [0.1, 0.15) is 6.04 Å². The molecule has 3 aliphatic rings. The van der Waals surface area contributed by atoms with E-state index in [0.29, 0.717) is 37.8 Å². The Bertz CT molecular complexity index is 861. The number of allylic oxidation sites excluding steroid dienone is 2. The highest BCUT2D eigenvalue weighted by Crippen LogP contribution is 2.33. The summed E-state index contributed by atoms with van der Waals surface area (Å²) in [6.07, 6.45) is 4.90. The van der Waals surface area contributed by atoms with Gasteiger partial charge in [0.2, 0.25) is 5.88 Å². The van der Waals surface area contributed by atoms with Gasteiger partial charge in [0, 0.05) is 36.5 Å². The zero-order valence-electron chi connectivity index (χ0n) is 17.0. The quantitative estimate of drug-likeness (QED) is 0.503. The number of benzene rings is 1. The Morgan fingerprint density at radius 1 is 1.37 bits per heavy atom. The van der Waals surface area contributed by atoms with Crippen molar-refractivity contribution >= 4 is 17.4 Å². The van der Waals surface area contributed by atoms with Crippen LogP contribution in [-0.2, 0) is 20.9 Å². The summed E-state index contributed by atoms with van der Waals surface area (Å²) in [5.41, 5.74) is 7.32. The second kappa shape index (κ2) is 8.95. The molecule has 0 radical (unpaired) electrons. The second-order valence-electron chi connectivity index (χ2n) is 7.76. The highest BCUT2D eigenvalue weighted by atomic mass is 16.6. The topological polar surface area (TPSA) is 115 Å². The van der Waals surface area contributed by atoms with Gasteiger partial charge in [-0.05, 0) is 49.0 Å². The number of hydrazine groups is 1. The predicted octanol–water partition coefficient (Wildman–Crippen LogP) is 2.02. The molecular formula is C21H28N4O5. The SMILES string of the molecule is COC1=CC2=C(c3ccc(N[C@@H]4CC[C@@H](C(=O)O)NC4)cc3COCCC2)N(O)N1. The van der Waals surface area contributed by atoms with Crippen molar-refractivity contribution in [3.05, 3.63) is 46.9 Å². The molecule has 30 heavy (non-hydrogen) atoms. The van der Waals surface area contributed by atoms with Crippen molar-refractivity contribution in [3.8, 4) is 0 Å². The van der Waals surface area contributed by atoms with Gasteiger partial charge in [-0.2, -0.15) is 5.17 Å². The van der Waals surface area contributed by atoms with Crippen molar-refractivity contribution in [1.82, 2.24) is 15.9 Å². The van der Waals surface area contributed by atoms with E-state index in [1.54, 1.807) is 7.11 Å². The number of methoxy groups -OCH3 is 1. The summed E-state index contributed by atoms with van der Waals surface area (Å²) in [6, 6.07) is 5.69. The summed E-state index contributed by atoms with van der Waals surface area (Å²) < 4.78 is 11.1. The van der Waals surface area contributed by atoms with Crippen molar-refractivity contribution in [2.75, 3.05) is 25.6 Å². The van der Waals surface area contributed by atoms with E-state index >= 15 is 0 Å². The van der Waals surface area contributed by atoms with E-state index in [9.17, 15) is 10.0 Å². The number of hydrogen-bond acceptors (Lipinski definition) is 8. The van der Waals surface area contributed by atoms with Crippen molar-refractivity contribution in [2.45, 2.75) is 44.4 Å². The van der Waals surface area contributed by atoms with Crippen LogP contribution in [0.2, 0.25) is 0 Å². The first-order valence-corrected chi connectivity index (χ1v) is 10.2. The van der Waals surface area contributed by atoms with Gasteiger partial charge in [0.05, 0.1) is 19.4 Å². The molecule has 1 aromatic rings. The third-order valence-corrected chi connectivity index (χ3v) is 5.69. The minimum atomic E-state index is -0.799. The van der Waals surface area contributed by atoms with Crippen molar-refractivity contribution in [3.63, 3.8) is 0 Å². The lowest BCUT2D eigenvalue weighted by atomic mass is 9.97. The number of nitrogens with zero attached hydrogens (tertiary/aromatic N) is 1. The fraction of sp³-hybridized carbons (Fsp3) is 0.476. The molecule has 1 saturated heterocycles. The molecule has 5 N–H and O–H groups in total. The molecule has 0 amide bonds. The number of nitrogens with one attached hydrogen (secondary N) is 3. The van der Waals surface area contributed by atoms with Gasteiger partial charge in [-0.15, -0.1) is 0 Å². The van der Waals surface area contributed by atoms with Gasteiger partial charge >= 0.3 is 5.97 Å². The normalized spacial score (nSPS) is 24.3. The molecule has 9 heteroatoms. The number of hydrogen-bond donors (Lipinski definition) is 5. The standard InChI is InChI=1S/C21H28N4O5/c1-29-19-10-13-3-2-8-30-12-14-9-15(4-6-17(14)20(13)25(28)24-19)23-16-5-7-18(21(26)27)22-11-16/h4,6,9-10,16,18,22-24,28H,2-3,5,7-8,11-12H2,1H3,(H,26,27)/t16-,18+/m1/s1. The van der Waals surface area contributed by atoms with Gasteiger partial charge in [-0.3, -0.25) is 10.0 Å². The van der Waals surface area contributed by atoms with Crippen LogP contribution < -0.4 is 16.1 Å². The molecule has 0 spiro atoms. The number of carbonyl (C=O) groups is 1.